The van der Waals surface area contributed by atoms with E-state index >= 15 is 0 Å². The van der Waals surface area contributed by atoms with Gasteiger partial charge in [-0.15, -0.1) is 0 Å². The Labute approximate surface area is 108 Å². The van der Waals surface area contributed by atoms with Crippen molar-refractivity contribution in [1.82, 2.24) is 0 Å². The minimum Gasteiger partial charge on any atom is -0.504 e. The van der Waals surface area contributed by atoms with Gasteiger partial charge in [-0.25, -0.2) is 0 Å². The summed E-state index contributed by atoms with van der Waals surface area (Å²) >= 11 is 0. The smallest absolute Gasteiger partial charge is 0.161 e. The number of ether oxygens (including phenoxy) is 1. The summed E-state index contributed by atoms with van der Waals surface area (Å²) in [6.45, 7) is 4.35. The van der Waals surface area contributed by atoms with Crippen LogP contribution in [0.15, 0.2) is 42.5 Å². The summed E-state index contributed by atoms with van der Waals surface area (Å²) in [7, 11) is 1.56. The van der Waals surface area contributed by atoms with Crippen LogP contribution in [0.4, 0.5) is 0 Å². The minimum absolute atomic E-state index is 0.168. The zero-order valence-electron chi connectivity index (χ0n) is 11.0. The highest BCUT2D eigenvalue weighted by molar-refractivity contribution is 5.67. The van der Waals surface area contributed by atoms with Gasteiger partial charge in [-0.3, -0.25) is 0 Å². The van der Waals surface area contributed by atoms with Crippen LogP contribution in [0.1, 0.15) is 25.3 Å². The van der Waals surface area contributed by atoms with E-state index < -0.39 is 0 Å². The standard InChI is InChI=1S/C16H18O2/c1-11(2)12-5-4-6-13(9-12)14-7-8-15(17)16(10-14)18-3/h4-11,17H,1-3H3. The van der Waals surface area contributed by atoms with Gasteiger partial charge in [0.15, 0.2) is 11.5 Å². The topological polar surface area (TPSA) is 29.5 Å². The molecule has 0 bridgehead atoms. The number of phenolic OH excluding ortho intramolecular Hbond substituents is 1. The molecule has 0 spiro atoms. The Bertz CT molecular complexity index is 545. The zero-order chi connectivity index (χ0) is 13.1. The van der Waals surface area contributed by atoms with Gasteiger partial charge in [-0.05, 0) is 34.7 Å². The number of hydrogen-bond acceptors (Lipinski definition) is 2. The van der Waals surface area contributed by atoms with Gasteiger partial charge >= 0.3 is 0 Å². The fraction of sp³-hybridized carbons (Fsp3) is 0.250. The number of aromatic hydroxyl groups is 1. The van der Waals surface area contributed by atoms with Crippen LogP contribution in [0, 0.1) is 0 Å². The lowest BCUT2D eigenvalue weighted by atomic mass is 9.97. The number of hydrogen-bond donors (Lipinski definition) is 1. The first kappa shape index (κ1) is 12.5. The van der Waals surface area contributed by atoms with Crippen LogP contribution in [0.3, 0.4) is 0 Å². The van der Waals surface area contributed by atoms with Gasteiger partial charge < -0.3 is 9.84 Å². The quantitative estimate of drug-likeness (QED) is 0.874. The number of rotatable bonds is 3. The molecule has 18 heavy (non-hydrogen) atoms. The molecule has 0 heterocycles. The van der Waals surface area contributed by atoms with Gasteiger partial charge in [0.2, 0.25) is 0 Å². The van der Waals surface area contributed by atoms with E-state index in [0.29, 0.717) is 11.7 Å². The third kappa shape index (κ3) is 2.48. The van der Waals surface area contributed by atoms with E-state index in [1.54, 1.807) is 13.2 Å². The molecule has 0 unspecified atom stereocenters. The molecule has 0 aliphatic rings. The maximum atomic E-state index is 9.60. The van der Waals surface area contributed by atoms with Gasteiger partial charge in [0.1, 0.15) is 0 Å². The summed E-state index contributed by atoms with van der Waals surface area (Å²) < 4.78 is 5.13. The van der Waals surface area contributed by atoms with Crippen molar-refractivity contribution in [3.63, 3.8) is 0 Å². The van der Waals surface area contributed by atoms with Gasteiger partial charge in [-0.1, -0.05) is 44.2 Å². The van der Waals surface area contributed by atoms with Crippen LogP contribution in [-0.2, 0) is 0 Å². The Morgan fingerprint density at radius 1 is 1.00 bits per heavy atom. The molecule has 2 rings (SSSR count). The molecular weight excluding hydrogens is 224 g/mol. The number of methoxy groups -OCH3 is 1. The maximum Gasteiger partial charge on any atom is 0.161 e. The molecule has 0 radical (unpaired) electrons. The molecule has 94 valence electrons. The third-order valence-electron chi connectivity index (χ3n) is 3.07. The van der Waals surface area contributed by atoms with Crippen molar-refractivity contribution < 1.29 is 9.84 Å². The SMILES string of the molecule is COc1cc(-c2cccc(C(C)C)c2)ccc1O. The fourth-order valence-electron chi connectivity index (χ4n) is 1.93. The maximum absolute atomic E-state index is 9.60. The molecule has 2 heteroatoms. The van der Waals surface area contributed by atoms with E-state index in [4.69, 9.17) is 4.74 Å². The summed E-state index contributed by atoms with van der Waals surface area (Å²) in [5, 5.41) is 9.60. The lowest BCUT2D eigenvalue weighted by Gasteiger charge is -2.10. The second-order valence-electron chi connectivity index (χ2n) is 4.67. The van der Waals surface area contributed by atoms with E-state index in [0.717, 1.165) is 11.1 Å². The minimum atomic E-state index is 0.168. The van der Waals surface area contributed by atoms with Crippen LogP contribution < -0.4 is 4.74 Å². The summed E-state index contributed by atoms with van der Waals surface area (Å²) in [5.41, 5.74) is 3.49. The van der Waals surface area contributed by atoms with Crippen LogP contribution in [0.25, 0.3) is 11.1 Å². The van der Waals surface area contributed by atoms with E-state index in [-0.39, 0.29) is 5.75 Å². The summed E-state index contributed by atoms with van der Waals surface area (Å²) in [6, 6.07) is 13.9. The van der Waals surface area contributed by atoms with Crippen LogP contribution >= 0.6 is 0 Å². The monoisotopic (exact) mass is 242 g/mol. The fourth-order valence-corrected chi connectivity index (χ4v) is 1.93. The highest BCUT2D eigenvalue weighted by Crippen LogP contribution is 2.32. The molecular formula is C16H18O2. The van der Waals surface area contributed by atoms with Crippen molar-refractivity contribution in [3.8, 4) is 22.6 Å². The molecule has 1 N–H and O–H groups in total. The van der Waals surface area contributed by atoms with Crippen molar-refractivity contribution in [2.24, 2.45) is 0 Å². The van der Waals surface area contributed by atoms with Gasteiger partial charge in [0.25, 0.3) is 0 Å². The van der Waals surface area contributed by atoms with E-state index in [9.17, 15) is 5.11 Å². The summed E-state index contributed by atoms with van der Waals surface area (Å²) in [5.74, 6) is 1.17. The van der Waals surface area contributed by atoms with E-state index in [1.165, 1.54) is 5.56 Å². The van der Waals surface area contributed by atoms with Gasteiger partial charge in [0, 0.05) is 0 Å². The molecule has 2 aromatic carbocycles. The molecule has 0 atom stereocenters. The predicted molar refractivity (Wildman–Crippen MR) is 74.2 cm³/mol. The van der Waals surface area contributed by atoms with Gasteiger partial charge in [-0.2, -0.15) is 0 Å². The molecule has 0 fully saturated rings. The third-order valence-corrected chi connectivity index (χ3v) is 3.07. The van der Waals surface area contributed by atoms with Crippen molar-refractivity contribution in [3.05, 3.63) is 48.0 Å². The Morgan fingerprint density at radius 2 is 1.72 bits per heavy atom. The predicted octanol–water partition coefficient (Wildman–Crippen LogP) is 4.19. The second-order valence-corrected chi connectivity index (χ2v) is 4.67. The summed E-state index contributed by atoms with van der Waals surface area (Å²) in [4.78, 5) is 0. The van der Waals surface area contributed by atoms with Crippen molar-refractivity contribution in [1.29, 1.82) is 0 Å². The normalized spacial score (nSPS) is 10.7. The molecule has 2 aromatic rings. The molecule has 2 nitrogen and oxygen atoms in total. The Morgan fingerprint density at radius 3 is 2.39 bits per heavy atom. The Hall–Kier alpha value is -1.96. The average Bonchev–Trinajstić information content (AvgIpc) is 2.39. The Kier molecular flexibility index (Phi) is 3.56. The first-order valence-electron chi connectivity index (χ1n) is 6.09. The molecule has 0 saturated carbocycles. The lowest BCUT2D eigenvalue weighted by Crippen LogP contribution is -1.89. The largest absolute Gasteiger partial charge is 0.504 e. The van der Waals surface area contributed by atoms with E-state index in [2.05, 4.69) is 38.1 Å². The van der Waals surface area contributed by atoms with E-state index in [1.807, 2.05) is 12.1 Å². The van der Waals surface area contributed by atoms with Crippen LogP contribution in [-0.4, -0.2) is 12.2 Å². The van der Waals surface area contributed by atoms with Crippen LogP contribution in [0.2, 0.25) is 0 Å². The van der Waals surface area contributed by atoms with Crippen LogP contribution in [0.5, 0.6) is 11.5 Å². The highest BCUT2D eigenvalue weighted by atomic mass is 16.5. The average molecular weight is 242 g/mol. The molecule has 0 aliphatic heterocycles. The Balaban J connectivity index is 2.45. The molecule has 0 saturated heterocycles. The summed E-state index contributed by atoms with van der Waals surface area (Å²) in [6.07, 6.45) is 0. The number of phenols is 1. The first-order valence-corrected chi connectivity index (χ1v) is 6.09. The van der Waals surface area contributed by atoms with Gasteiger partial charge in [0.05, 0.1) is 7.11 Å². The molecule has 0 amide bonds. The second kappa shape index (κ2) is 5.13. The lowest BCUT2D eigenvalue weighted by molar-refractivity contribution is 0.373. The first-order chi connectivity index (χ1) is 8.61. The number of benzene rings is 2. The van der Waals surface area contributed by atoms with Crippen molar-refractivity contribution in [2.75, 3.05) is 7.11 Å². The van der Waals surface area contributed by atoms with Crippen molar-refractivity contribution in [2.45, 2.75) is 19.8 Å². The molecule has 0 aromatic heterocycles. The highest BCUT2D eigenvalue weighted by Gasteiger charge is 2.06. The van der Waals surface area contributed by atoms with Crippen molar-refractivity contribution >= 4 is 0 Å². The molecule has 0 aliphatic carbocycles. The zero-order valence-corrected chi connectivity index (χ0v) is 11.0.